The van der Waals surface area contributed by atoms with Gasteiger partial charge in [0.05, 0.1) is 6.54 Å². The maximum Gasteiger partial charge on any atom is 0.258 e. The molecule has 0 fully saturated rings. The smallest absolute Gasteiger partial charge is 0.258 e. The summed E-state index contributed by atoms with van der Waals surface area (Å²) >= 11 is 0. The van der Waals surface area contributed by atoms with Gasteiger partial charge >= 0.3 is 0 Å². The molecule has 0 spiro atoms. The van der Waals surface area contributed by atoms with Crippen LogP contribution in [0.25, 0.3) is 0 Å². The highest BCUT2D eigenvalue weighted by Gasteiger charge is 2.08. The SMILES string of the molecule is CCc1ccc(OCC(=O)NCC(OC)OC)cc1. The summed E-state index contributed by atoms with van der Waals surface area (Å²) in [5.74, 6) is 0.473. The average molecular weight is 267 g/mol. The Labute approximate surface area is 113 Å². The average Bonchev–Trinajstić information content (AvgIpc) is 2.46. The molecule has 1 N–H and O–H groups in total. The minimum atomic E-state index is -0.437. The molecule has 0 saturated heterocycles. The second-order valence-electron chi connectivity index (χ2n) is 3.99. The third-order valence-corrected chi connectivity index (χ3v) is 2.69. The molecule has 5 heteroatoms. The molecule has 1 aromatic carbocycles. The lowest BCUT2D eigenvalue weighted by molar-refractivity contribution is -0.129. The van der Waals surface area contributed by atoms with Gasteiger partial charge in [-0.05, 0) is 24.1 Å². The van der Waals surface area contributed by atoms with Crippen LogP contribution < -0.4 is 10.1 Å². The van der Waals surface area contributed by atoms with Crippen molar-refractivity contribution in [3.05, 3.63) is 29.8 Å². The molecule has 0 bridgehead atoms. The fourth-order valence-corrected chi connectivity index (χ4v) is 1.48. The summed E-state index contributed by atoms with van der Waals surface area (Å²) in [7, 11) is 3.04. The molecule has 0 saturated carbocycles. The Balaban J connectivity index is 2.29. The van der Waals surface area contributed by atoms with Crippen molar-refractivity contribution in [1.82, 2.24) is 5.32 Å². The van der Waals surface area contributed by atoms with E-state index in [1.165, 1.54) is 19.8 Å². The molecule has 106 valence electrons. The highest BCUT2D eigenvalue weighted by molar-refractivity contribution is 5.77. The number of carbonyl (C=O) groups is 1. The van der Waals surface area contributed by atoms with E-state index < -0.39 is 6.29 Å². The van der Waals surface area contributed by atoms with Crippen LogP contribution in [0.5, 0.6) is 5.75 Å². The molecule has 0 heterocycles. The summed E-state index contributed by atoms with van der Waals surface area (Å²) in [5, 5.41) is 2.66. The molecular formula is C14H21NO4. The number of aryl methyl sites for hydroxylation is 1. The lowest BCUT2D eigenvalue weighted by Gasteiger charge is -2.14. The van der Waals surface area contributed by atoms with Crippen LogP contribution in [-0.2, 0) is 20.7 Å². The number of hydrogen-bond acceptors (Lipinski definition) is 4. The Morgan fingerprint density at radius 2 is 1.84 bits per heavy atom. The van der Waals surface area contributed by atoms with Gasteiger partial charge in [0.25, 0.3) is 5.91 Å². The molecule has 0 unspecified atom stereocenters. The maximum atomic E-state index is 11.5. The zero-order valence-corrected chi connectivity index (χ0v) is 11.6. The van der Waals surface area contributed by atoms with Crippen molar-refractivity contribution in [1.29, 1.82) is 0 Å². The molecule has 0 aliphatic rings. The van der Waals surface area contributed by atoms with Crippen molar-refractivity contribution in [3.8, 4) is 5.75 Å². The van der Waals surface area contributed by atoms with Crippen LogP contribution in [0.2, 0.25) is 0 Å². The van der Waals surface area contributed by atoms with Gasteiger partial charge in [-0.25, -0.2) is 0 Å². The summed E-state index contributed by atoms with van der Waals surface area (Å²) in [6.45, 7) is 2.36. The van der Waals surface area contributed by atoms with E-state index in [1.807, 2.05) is 24.3 Å². The molecule has 0 aliphatic carbocycles. The molecule has 1 aromatic rings. The van der Waals surface area contributed by atoms with E-state index in [4.69, 9.17) is 14.2 Å². The van der Waals surface area contributed by atoms with Gasteiger partial charge in [0, 0.05) is 14.2 Å². The van der Waals surface area contributed by atoms with Crippen molar-refractivity contribution < 1.29 is 19.0 Å². The number of benzene rings is 1. The van der Waals surface area contributed by atoms with E-state index in [9.17, 15) is 4.79 Å². The molecule has 1 amide bonds. The first kappa shape index (κ1) is 15.5. The Kier molecular flexibility index (Phi) is 6.92. The molecule has 0 aromatic heterocycles. The molecule has 0 atom stereocenters. The van der Waals surface area contributed by atoms with E-state index >= 15 is 0 Å². The van der Waals surface area contributed by atoms with Crippen molar-refractivity contribution >= 4 is 5.91 Å². The third kappa shape index (κ3) is 5.72. The number of ether oxygens (including phenoxy) is 3. The molecule has 1 rings (SSSR count). The predicted molar refractivity (Wildman–Crippen MR) is 72.1 cm³/mol. The van der Waals surface area contributed by atoms with Crippen LogP contribution in [0, 0.1) is 0 Å². The van der Waals surface area contributed by atoms with Gasteiger partial charge in [0.2, 0.25) is 0 Å². The van der Waals surface area contributed by atoms with E-state index in [-0.39, 0.29) is 12.5 Å². The first-order chi connectivity index (χ1) is 9.19. The van der Waals surface area contributed by atoms with Crippen LogP contribution in [0.1, 0.15) is 12.5 Å². The van der Waals surface area contributed by atoms with Crippen molar-refractivity contribution in [2.75, 3.05) is 27.4 Å². The molecular weight excluding hydrogens is 246 g/mol. The van der Waals surface area contributed by atoms with Crippen molar-refractivity contribution in [3.63, 3.8) is 0 Å². The van der Waals surface area contributed by atoms with Crippen molar-refractivity contribution in [2.24, 2.45) is 0 Å². The number of amides is 1. The Morgan fingerprint density at radius 1 is 1.21 bits per heavy atom. The van der Waals surface area contributed by atoms with Crippen LogP contribution in [-0.4, -0.2) is 39.6 Å². The minimum absolute atomic E-state index is 0.0222. The standard InChI is InChI=1S/C14H21NO4/c1-4-11-5-7-12(8-6-11)19-10-13(16)15-9-14(17-2)18-3/h5-8,14H,4,9-10H2,1-3H3,(H,15,16). The van der Waals surface area contributed by atoms with Gasteiger partial charge in [0.15, 0.2) is 12.9 Å². The molecule has 5 nitrogen and oxygen atoms in total. The number of rotatable bonds is 8. The Bertz CT molecular complexity index is 374. The van der Waals surface area contributed by atoms with E-state index in [1.54, 1.807) is 0 Å². The predicted octanol–water partition coefficient (Wildman–Crippen LogP) is 1.36. The van der Waals surface area contributed by atoms with Crippen LogP contribution >= 0.6 is 0 Å². The van der Waals surface area contributed by atoms with Crippen LogP contribution in [0.15, 0.2) is 24.3 Å². The molecule has 19 heavy (non-hydrogen) atoms. The summed E-state index contributed by atoms with van der Waals surface area (Å²) in [5.41, 5.74) is 1.24. The Hall–Kier alpha value is -1.59. The maximum absolute atomic E-state index is 11.5. The number of hydrogen-bond donors (Lipinski definition) is 1. The first-order valence-corrected chi connectivity index (χ1v) is 6.23. The normalized spacial score (nSPS) is 10.5. The third-order valence-electron chi connectivity index (χ3n) is 2.69. The topological polar surface area (TPSA) is 56.8 Å². The summed E-state index contributed by atoms with van der Waals surface area (Å²) in [6.07, 6.45) is 0.545. The Morgan fingerprint density at radius 3 is 2.37 bits per heavy atom. The first-order valence-electron chi connectivity index (χ1n) is 6.23. The van der Waals surface area contributed by atoms with E-state index in [2.05, 4.69) is 12.2 Å². The lowest BCUT2D eigenvalue weighted by atomic mass is 10.2. The second-order valence-corrected chi connectivity index (χ2v) is 3.99. The largest absolute Gasteiger partial charge is 0.484 e. The summed E-state index contributed by atoms with van der Waals surface area (Å²) in [4.78, 5) is 11.5. The number of nitrogens with one attached hydrogen (secondary N) is 1. The van der Waals surface area contributed by atoms with Crippen LogP contribution in [0.3, 0.4) is 0 Å². The fraction of sp³-hybridized carbons (Fsp3) is 0.500. The summed E-state index contributed by atoms with van der Waals surface area (Å²) in [6, 6.07) is 7.69. The van der Waals surface area contributed by atoms with Gasteiger partial charge in [-0.15, -0.1) is 0 Å². The van der Waals surface area contributed by atoms with Crippen molar-refractivity contribution in [2.45, 2.75) is 19.6 Å². The van der Waals surface area contributed by atoms with E-state index in [0.717, 1.165) is 6.42 Å². The number of carbonyl (C=O) groups excluding carboxylic acids is 1. The van der Waals surface area contributed by atoms with Gasteiger partial charge < -0.3 is 19.5 Å². The molecule has 0 radical (unpaired) electrons. The monoisotopic (exact) mass is 267 g/mol. The highest BCUT2D eigenvalue weighted by Crippen LogP contribution is 2.12. The quantitative estimate of drug-likeness (QED) is 0.723. The lowest BCUT2D eigenvalue weighted by Crippen LogP contribution is -2.36. The summed E-state index contributed by atoms with van der Waals surface area (Å²) < 4.78 is 15.3. The van der Waals surface area contributed by atoms with Gasteiger partial charge in [-0.2, -0.15) is 0 Å². The highest BCUT2D eigenvalue weighted by atomic mass is 16.7. The van der Waals surface area contributed by atoms with Gasteiger partial charge in [-0.1, -0.05) is 19.1 Å². The van der Waals surface area contributed by atoms with Gasteiger partial charge in [-0.3, -0.25) is 4.79 Å². The second kappa shape index (κ2) is 8.50. The number of methoxy groups -OCH3 is 2. The zero-order chi connectivity index (χ0) is 14.1. The van der Waals surface area contributed by atoms with Gasteiger partial charge in [0.1, 0.15) is 5.75 Å². The zero-order valence-electron chi connectivity index (χ0n) is 11.6. The minimum Gasteiger partial charge on any atom is -0.484 e. The van der Waals surface area contributed by atoms with E-state index in [0.29, 0.717) is 12.3 Å². The van der Waals surface area contributed by atoms with Crippen LogP contribution in [0.4, 0.5) is 0 Å². The molecule has 0 aliphatic heterocycles. The fourth-order valence-electron chi connectivity index (χ4n) is 1.48.